The molecule has 34 heavy (non-hydrogen) atoms. The summed E-state index contributed by atoms with van der Waals surface area (Å²) in [6.07, 6.45) is 5.83. The first-order valence-electron chi connectivity index (χ1n) is 11.6. The molecule has 3 aromatic rings. The van der Waals surface area contributed by atoms with E-state index in [2.05, 4.69) is 0 Å². The van der Waals surface area contributed by atoms with Crippen LogP contribution in [0.5, 0.6) is 5.75 Å². The summed E-state index contributed by atoms with van der Waals surface area (Å²) in [5, 5.41) is 0.499. The van der Waals surface area contributed by atoms with Gasteiger partial charge in [0.1, 0.15) is 23.2 Å². The molecule has 0 aliphatic carbocycles. The van der Waals surface area contributed by atoms with Crippen LogP contribution < -0.4 is 10.2 Å². The molecule has 0 bridgehead atoms. The van der Waals surface area contributed by atoms with Gasteiger partial charge < -0.3 is 14.1 Å². The molecule has 6 heteroatoms. The van der Waals surface area contributed by atoms with Gasteiger partial charge in [0.25, 0.3) is 0 Å². The quantitative estimate of drug-likeness (QED) is 0.519. The number of nitrogens with zero attached hydrogens (tertiary/aromatic N) is 1. The van der Waals surface area contributed by atoms with Gasteiger partial charge in [0.2, 0.25) is 5.91 Å². The molecule has 0 radical (unpaired) electrons. The SMILES string of the molecule is Cc1ccc2occ(/C=C/C(=O)N3CCC4(CC3)CC(=O)c3ccc(C)c(C)c3O4)c(=O)c2c1. The molecule has 2 aliphatic heterocycles. The Hall–Kier alpha value is -3.67. The number of likely N-dealkylation sites (tertiary alicyclic amines) is 1. The van der Waals surface area contributed by atoms with Gasteiger partial charge in [-0.1, -0.05) is 17.7 Å². The predicted molar refractivity (Wildman–Crippen MR) is 130 cm³/mol. The van der Waals surface area contributed by atoms with Crippen LogP contribution >= 0.6 is 0 Å². The van der Waals surface area contributed by atoms with Crippen LogP contribution in [0, 0.1) is 20.8 Å². The molecule has 1 amide bonds. The van der Waals surface area contributed by atoms with E-state index in [0.717, 1.165) is 16.7 Å². The lowest BCUT2D eigenvalue weighted by atomic mass is 9.81. The van der Waals surface area contributed by atoms with Crippen LogP contribution in [0.4, 0.5) is 0 Å². The largest absolute Gasteiger partial charge is 0.486 e. The number of rotatable bonds is 2. The third-order valence-electron chi connectivity index (χ3n) is 7.12. The summed E-state index contributed by atoms with van der Waals surface area (Å²) in [5.41, 5.74) is 3.84. The van der Waals surface area contributed by atoms with Crippen LogP contribution in [0.25, 0.3) is 17.0 Å². The average Bonchev–Trinajstić information content (AvgIpc) is 2.82. The van der Waals surface area contributed by atoms with E-state index in [-0.39, 0.29) is 17.1 Å². The van der Waals surface area contributed by atoms with Crippen molar-refractivity contribution >= 4 is 28.7 Å². The Balaban J connectivity index is 1.30. The third-order valence-corrected chi connectivity index (χ3v) is 7.12. The second-order valence-corrected chi connectivity index (χ2v) is 9.45. The Labute approximate surface area is 197 Å². The summed E-state index contributed by atoms with van der Waals surface area (Å²) in [6, 6.07) is 9.25. The number of carbonyl (C=O) groups excluding carboxylic acids is 2. The van der Waals surface area contributed by atoms with Gasteiger partial charge in [0.05, 0.1) is 22.9 Å². The van der Waals surface area contributed by atoms with Crippen molar-refractivity contribution in [1.29, 1.82) is 0 Å². The predicted octanol–water partition coefficient (Wildman–Crippen LogP) is 4.76. The van der Waals surface area contributed by atoms with Crippen LogP contribution in [0.2, 0.25) is 0 Å². The zero-order chi connectivity index (χ0) is 24.0. The molecular formula is C28H27NO5. The Morgan fingerprint density at radius 3 is 2.59 bits per heavy atom. The van der Waals surface area contributed by atoms with Crippen LogP contribution in [0.3, 0.4) is 0 Å². The first-order valence-corrected chi connectivity index (χ1v) is 11.6. The molecule has 3 heterocycles. The summed E-state index contributed by atoms with van der Waals surface area (Å²) in [5.74, 6) is 0.615. The van der Waals surface area contributed by atoms with Crippen LogP contribution in [0.1, 0.15) is 51.9 Å². The molecule has 0 saturated carbocycles. The molecule has 2 aliphatic rings. The van der Waals surface area contributed by atoms with Crippen molar-refractivity contribution in [2.75, 3.05) is 13.1 Å². The number of amides is 1. The van der Waals surface area contributed by atoms with E-state index in [0.29, 0.717) is 60.2 Å². The van der Waals surface area contributed by atoms with Gasteiger partial charge in [-0.3, -0.25) is 14.4 Å². The van der Waals surface area contributed by atoms with Crippen molar-refractivity contribution in [3.8, 4) is 5.75 Å². The van der Waals surface area contributed by atoms with E-state index in [1.165, 1.54) is 18.4 Å². The summed E-state index contributed by atoms with van der Waals surface area (Å²) >= 11 is 0. The number of Topliss-reactive ketones (excluding diaryl/α,β-unsaturated/α-hetero) is 1. The molecule has 174 valence electrons. The van der Waals surface area contributed by atoms with Crippen molar-refractivity contribution in [3.63, 3.8) is 0 Å². The first-order chi connectivity index (χ1) is 16.3. The highest BCUT2D eigenvalue weighted by molar-refractivity contribution is 6.01. The highest BCUT2D eigenvalue weighted by Crippen LogP contribution is 2.41. The van der Waals surface area contributed by atoms with E-state index < -0.39 is 5.60 Å². The lowest BCUT2D eigenvalue weighted by Crippen LogP contribution is -2.52. The van der Waals surface area contributed by atoms with E-state index >= 15 is 0 Å². The zero-order valence-corrected chi connectivity index (χ0v) is 19.6. The van der Waals surface area contributed by atoms with Gasteiger partial charge in [0, 0.05) is 32.0 Å². The lowest BCUT2D eigenvalue weighted by molar-refractivity contribution is -0.129. The maximum atomic E-state index is 12.8. The Morgan fingerprint density at radius 2 is 1.82 bits per heavy atom. The molecule has 6 nitrogen and oxygen atoms in total. The fourth-order valence-corrected chi connectivity index (χ4v) is 4.84. The minimum atomic E-state index is -0.569. The second-order valence-electron chi connectivity index (χ2n) is 9.45. The molecule has 1 fully saturated rings. The number of piperidine rings is 1. The fraction of sp³-hybridized carbons (Fsp3) is 0.321. The van der Waals surface area contributed by atoms with Gasteiger partial charge >= 0.3 is 0 Å². The van der Waals surface area contributed by atoms with E-state index in [1.807, 2.05) is 39.0 Å². The molecular weight excluding hydrogens is 430 g/mol. The number of ether oxygens (including phenoxy) is 1. The second kappa shape index (κ2) is 8.28. The van der Waals surface area contributed by atoms with Gasteiger partial charge in [-0.25, -0.2) is 0 Å². The Bertz CT molecular complexity index is 1410. The summed E-state index contributed by atoms with van der Waals surface area (Å²) in [7, 11) is 0. The molecule has 2 aromatic carbocycles. The third kappa shape index (κ3) is 3.83. The van der Waals surface area contributed by atoms with Gasteiger partial charge in [0.15, 0.2) is 11.2 Å². The maximum absolute atomic E-state index is 12.8. The smallest absolute Gasteiger partial charge is 0.246 e. The van der Waals surface area contributed by atoms with E-state index in [9.17, 15) is 14.4 Å². The highest BCUT2D eigenvalue weighted by Gasteiger charge is 2.44. The molecule has 1 saturated heterocycles. The first kappa shape index (κ1) is 22.1. The number of aryl methyl sites for hydroxylation is 2. The van der Waals surface area contributed by atoms with E-state index in [4.69, 9.17) is 9.15 Å². The number of hydrogen-bond acceptors (Lipinski definition) is 5. The molecule has 1 spiro atoms. The standard InChI is InChI=1S/C28H27NO5/c1-17-4-8-24-22(14-17)26(32)20(16-33-24)6-9-25(31)29-12-10-28(11-13-29)15-23(30)21-7-5-18(2)19(3)27(21)34-28/h4-9,14,16H,10-13,15H2,1-3H3/b9-6+. The van der Waals surface area contributed by atoms with Crippen LogP contribution in [-0.2, 0) is 4.79 Å². The topological polar surface area (TPSA) is 76.8 Å². The summed E-state index contributed by atoms with van der Waals surface area (Å²) < 4.78 is 12.0. The Morgan fingerprint density at radius 1 is 1.06 bits per heavy atom. The molecule has 1 aromatic heterocycles. The van der Waals surface area contributed by atoms with Gasteiger partial charge in [-0.15, -0.1) is 0 Å². The van der Waals surface area contributed by atoms with Crippen molar-refractivity contribution < 1.29 is 18.7 Å². The number of hydrogen-bond donors (Lipinski definition) is 0. The number of benzene rings is 2. The summed E-state index contributed by atoms with van der Waals surface area (Å²) in [4.78, 5) is 40.2. The number of fused-ring (bicyclic) bond motifs is 2. The van der Waals surface area contributed by atoms with Crippen molar-refractivity contribution in [1.82, 2.24) is 4.90 Å². The molecule has 0 unspecified atom stereocenters. The average molecular weight is 458 g/mol. The fourth-order valence-electron chi connectivity index (χ4n) is 4.84. The van der Waals surface area contributed by atoms with Crippen LogP contribution in [0.15, 0.2) is 51.9 Å². The maximum Gasteiger partial charge on any atom is 0.246 e. The lowest BCUT2D eigenvalue weighted by Gasteiger charge is -2.44. The van der Waals surface area contributed by atoms with Crippen molar-refractivity contribution in [2.24, 2.45) is 0 Å². The molecule has 0 atom stereocenters. The van der Waals surface area contributed by atoms with Crippen molar-refractivity contribution in [3.05, 3.63) is 80.7 Å². The number of carbonyl (C=O) groups is 2. The van der Waals surface area contributed by atoms with Crippen molar-refractivity contribution in [2.45, 2.75) is 45.6 Å². The minimum absolute atomic E-state index is 0.0993. The van der Waals surface area contributed by atoms with E-state index in [1.54, 1.807) is 17.0 Å². The normalized spacial score (nSPS) is 17.3. The minimum Gasteiger partial charge on any atom is -0.486 e. The number of ketones is 1. The summed E-state index contributed by atoms with van der Waals surface area (Å²) in [6.45, 7) is 6.88. The van der Waals surface area contributed by atoms with Gasteiger partial charge in [-0.05, 0) is 56.2 Å². The molecule has 0 N–H and O–H groups in total. The molecule has 5 rings (SSSR count). The monoisotopic (exact) mass is 457 g/mol. The Kier molecular flexibility index (Phi) is 5.39. The van der Waals surface area contributed by atoms with Crippen LogP contribution in [-0.4, -0.2) is 35.3 Å². The zero-order valence-electron chi connectivity index (χ0n) is 19.6. The highest BCUT2D eigenvalue weighted by atomic mass is 16.5. The van der Waals surface area contributed by atoms with Gasteiger partial charge in [-0.2, -0.15) is 0 Å².